The monoisotopic (exact) mass is 362 g/mol. The Hall–Kier alpha value is -1.01. The number of benzene rings is 1. The molecule has 0 aliphatic carbocycles. The lowest BCUT2D eigenvalue weighted by Crippen LogP contribution is -2.40. The van der Waals surface area contributed by atoms with Crippen molar-refractivity contribution in [3.63, 3.8) is 0 Å². The van der Waals surface area contributed by atoms with E-state index < -0.39 is 0 Å². The number of amides is 1. The number of hydrogen-bond acceptors (Lipinski definition) is 4. The Balaban J connectivity index is 0.00000264. The van der Waals surface area contributed by atoms with Crippen LogP contribution in [0.1, 0.15) is 19.8 Å². The summed E-state index contributed by atoms with van der Waals surface area (Å²) in [6.45, 7) is 3.81. The van der Waals surface area contributed by atoms with Gasteiger partial charge in [0.2, 0.25) is 5.91 Å². The Kier molecular flexibility index (Phi) is 8.69. The Morgan fingerprint density at radius 3 is 2.91 bits per heavy atom. The van der Waals surface area contributed by atoms with Crippen molar-refractivity contribution in [2.45, 2.75) is 25.8 Å². The van der Waals surface area contributed by atoms with Crippen molar-refractivity contribution in [2.75, 3.05) is 32.2 Å². The molecule has 1 aromatic rings. The highest BCUT2D eigenvalue weighted by atomic mass is 35.5. The van der Waals surface area contributed by atoms with Gasteiger partial charge in [-0.1, -0.05) is 17.7 Å². The van der Waals surface area contributed by atoms with E-state index in [1.54, 1.807) is 25.3 Å². The minimum Gasteiger partial charge on any atom is -0.487 e. The molecule has 1 fully saturated rings. The van der Waals surface area contributed by atoms with Crippen molar-refractivity contribution < 1.29 is 14.3 Å². The second kappa shape index (κ2) is 9.98. The number of methoxy groups -OCH3 is 1. The van der Waals surface area contributed by atoms with Crippen LogP contribution in [-0.2, 0) is 9.53 Å². The topological polar surface area (TPSA) is 59.6 Å². The number of hydrogen-bond donors (Lipinski definition) is 2. The molecule has 1 aliphatic heterocycles. The third-order valence-corrected chi connectivity index (χ3v) is 4.05. The summed E-state index contributed by atoms with van der Waals surface area (Å²) in [5, 5.41) is 6.78. The largest absolute Gasteiger partial charge is 0.487 e. The maximum atomic E-state index is 12.4. The number of anilines is 1. The van der Waals surface area contributed by atoms with Gasteiger partial charge in [0.25, 0.3) is 0 Å². The molecule has 1 amide bonds. The zero-order valence-corrected chi connectivity index (χ0v) is 15.0. The maximum Gasteiger partial charge on any atom is 0.227 e. The van der Waals surface area contributed by atoms with Gasteiger partial charge in [0.05, 0.1) is 17.3 Å². The van der Waals surface area contributed by atoms with Gasteiger partial charge >= 0.3 is 0 Å². The third-order valence-electron chi connectivity index (χ3n) is 3.75. The van der Waals surface area contributed by atoms with Crippen molar-refractivity contribution in [3.05, 3.63) is 23.2 Å². The molecule has 1 saturated heterocycles. The zero-order chi connectivity index (χ0) is 15.9. The van der Waals surface area contributed by atoms with E-state index in [4.69, 9.17) is 21.1 Å². The summed E-state index contributed by atoms with van der Waals surface area (Å²) in [5.74, 6) is 0.533. The van der Waals surface area contributed by atoms with E-state index in [1.807, 2.05) is 0 Å². The summed E-state index contributed by atoms with van der Waals surface area (Å²) in [7, 11) is 1.61. The van der Waals surface area contributed by atoms with Crippen LogP contribution in [0, 0.1) is 5.92 Å². The van der Waals surface area contributed by atoms with Gasteiger partial charge in [0.15, 0.2) is 5.75 Å². The summed E-state index contributed by atoms with van der Waals surface area (Å²) >= 11 is 6.17. The standard InChI is InChI=1S/C16H23ClN2O3.ClH/c1-11-10-12(6-7-18-11)16(20)19-14-5-3-4-13(17)15(14)22-9-8-21-2;/h3-5,11-12,18H,6-10H2,1-2H3,(H,19,20);1H/t11-,12-;/m0./s1. The number of ether oxygens (including phenoxy) is 2. The molecule has 5 nitrogen and oxygen atoms in total. The normalized spacial score (nSPS) is 20.5. The van der Waals surface area contributed by atoms with Crippen molar-refractivity contribution in [1.82, 2.24) is 5.32 Å². The van der Waals surface area contributed by atoms with Crippen molar-refractivity contribution in [3.8, 4) is 5.75 Å². The summed E-state index contributed by atoms with van der Waals surface area (Å²) < 4.78 is 10.6. The summed E-state index contributed by atoms with van der Waals surface area (Å²) in [5.41, 5.74) is 0.611. The third kappa shape index (κ3) is 5.84. The SMILES string of the molecule is COCCOc1c(Cl)cccc1NC(=O)[C@H]1CCN[C@@H](C)C1.Cl. The highest BCUT2D eigenvalue weighted by Crippen LogP contribution is 2.33. The van der Waals surface area contributed by atoms with Gasteiger partial charge in [0.1, 0.15) is 6.61 Å². The highest BCUT2D eigenvalue weighted by Gasteiger charge is 2.25. The van der Waals surface area contributed by atoms with Gasteiger partial charge < -0.3 is 20.1 Å². The first-order valence-corrected chi connectivity index (χ1v) is 7.94. The van der Waals surface area contributed by atoms with E-state index in [2.05, 4.69) is 17.6 Å². The molecule has 0 bridgehead atoms. The minimum absolute atomic E-state index is 0. The van der Waals surface area contributed by atoms with E-state index in [0.717, 1.165) is 19.4 Å². The first-order valence-electron chi connectivity index (χ1n) is 7.56. The molecule has 130 valence electrons. The second-order valence-electron chi connectivity index (χ2n) is 5.52. The summed E-state index contributed by atoms with van der Waals surface area (Å²) in [4.78, 5) is 12.4. The Morgan fingerprint density at radius 1 is 1.43 bits per heavy atom. The maximum absolute atomic E-state index is 12.4. The summed E-state index contributed by atoms with van der Waals surface area (Å²) in [6.07, 6.45) is 1.68. The molecule has 1 aliphatic rings. The molecule has 0 saturated carbocycles. The molecule has 23 heavy (non-hydrogen) atoms. The highest BCUT2D eigenvalue weighted by molar-refractivity contribution is 6.32. The number of para-hydroxylation sites is 1. The van der Waals surface area contributed by atoms with Crippen LogP contribution in [-0.4, -0.2) is 38.8 Å². The minimum atomic E-state index is 0. The van der Waals surface area contributed by atoms with Crippen molar-refractivity contribution in [2.24, 2.45) is 5.92 Å². The van der Waals surface area contributed by atoms with Gasteiger partial charge in [-0.3, -0.25) is 4.79 Å². The molecule has 0 spiro atoms. The molecule has 2 atom stereocenters. The predicted octanol–water partition coefficient (Wildman–Crippen LogP) is 3.11. The molecule has 0 radical (unpaired) electrons. The molecule has 2 N–H and O–H groups in total. The van der Waals surface area contributed by atoms with Gasteiger partial charge in [0, 0.05) is 19.1 Å². The number of piperidine rings is 1. The smallest absolute Gasteiger partial charge is 0.227 e. The van der Waals surface area contributed by atoms with Crippen LogP contribution in [0.25, 0.3) is 0 Å². The lowest BCUT2D eigenvalue weighted by molar-refractivity contribution is -0.120. The van der Waals surface area contributed by atoms with E-state index >= 15 is 0 Å². The molecule has 1 aromatic carbocycles. The second-order valence-corrected chi connectivity index (χ2v) is 5.93. The Labute approximate surface area is 148 Å². The van der Waals surface area contributed by atoms with Crippen LogP contribution < -0.4 is 15.4 Å². The molecule has 7 heteroatoms. The average Bonchev–Trinajstić information content (AvgIpc) is 2.50. The first kappa shape index (κ1) is 20.0. The Morgan fingerprint density at radius 2 is 2.22 bits per heavy atom. The average molecular weight is 363 g/mol. The molecular weight excluding hydrogens is 339 g/mol. The van der Waals surface area contributed by atoms with Crippen LogP contribution in [0.5, 0.6) is 5.75 Å². The lowest BCUT2D eigenvalue weighted by atomic mass is 9.92. The van der Waals surface area contributed by atoms with E-state index in [0.29, 0.717) is 35.7 Å². The van der Waals surface area contributed by atoms with E-state index in [9.17, 15) is 4.79 Å². The molecule has 2 rings (SSSR count). The van der Waals surface area contributed by atoms with Crippen LogP contribution in [0.15, 0.2) is 18.2 Å². The van der Waals surface area contributed by atoms with Gasteiger partial charge in [-0.25, -0.2) is 0 Å². The van der Waals surface area contributed by atoms with Crippen LogP contribution >= 0.6 is 24.0 Å². The van der Waals surface area contributed by atoms with Gasteiger partial charge in [-0.05, 0) is 38.4 Å². The fourth-order valence-electron chi connectivity index (χ4n) is 2.59. The lowest BCUT2D eigenvalue weighted by Gasteiger charge is -2.27. The molecule has 1 heterocycles. The molecular formula is C16H24Cl2N2O3. The number of carbonyl (C=O) groups excluding carboxylic acids is 1. The fraction of sp³-hybridized carbons (Fsp3) is 0.562. The van der Waals surface area contributed by atoms with Crippen molar-refractivity contribution >= 4 is 35.6 Å². The number of nitrogens with one attached hydrogen (secondary N) is 2. The number of carbonyl (C=O) groups is 1. The zero-order valence-electron chi connectivity index (χ0n) is 13.4. The van der Waals surface area contributed by atoms with Crippen LogP contribution in [0.3, 0.4) is 0 Å². The predicted molar refractivity (Wildman–Crippen MR) is 94.9 cm³/mol. The number of halogens is 2. The quantitative estimate of drug-likeness (QED) is 0.763. The van der Waals surface area contributed by atoms with Gasteiger partial charge in [-0.2, -0.15) is 0 Å². The van der Waals surface area contributed by atoms with Crippen LogP contribution in [0.4, 0.5) is 5.69 Å². The molecule has 0 aromatic heterocycles. The number of rotatable bonds is 6. The van der Waals surface area contributed by atoms with Gasteiger partial charge in [-0.15, -0.1) is 12.4 Å². The van der Waals surface area contributed by atoms with E-state index in [1.165, 1.54) is 0 Å². The van der Waals surface area contributed by atoms with Crippen LogP contribution in [0.2, 0.25) is 5.02 Å². The molecule has 0 unspecified atom stereocenters. The fourth-order valence-corrected chi connectivity index (χ4v) is 2.81. The first-order chi connectivity index (χ1) is 10.6. The Bertz CT molecular complexity index is 514. The van der Waals surface area contributed by atoms with Crippen molar-refractivity contribution in [1.29, 1.82) is 0 Å². The summed E-state index contributed by atoms with van der Waals surface area (Å²) in [6, 6.07) is 5.70. The van der Waals surface area contributed by atoms with E-state index in [-0.39, 0.29) is 24.2 Å².